The molecule has 1 aliphatic heterocycles. The highest BCUT2D eigenvalue weighted by Crippen LogP contribution is 2.23. The second kappa shape index (κ2) is 6.08. The monoisotopic (exact) mass is 313 g/mol. The number of ether oxygens (including phenoxy) is 1. The van der Waals surface area contributed by atoms with Crippen LogP contribution in [-0.2, 0) is 21.3 Å². The first-order chi connectivity index (χ1) is 10.1. The molecule has 1 aliphatic carbocycles. The molecule has 2 aliphatic rings. The van der Waals surface area contributed by atoms with Crippen molar-refractivity contribution in [3.63, 3.8) is 0 Å². The molecule has 2 N–H and O–H groups in total. The van der Waals surface area contributed by atoms with Crippen LogP contribution < -0.4 is 5.32 Å². The van der Waals surface area contributed by atoms with E-state index in [4.69, 9.17) is 4.74 Å². The van der Waals surface area contributed by atoms with Crippen LogP contribution >= 0.6 is 0 Å². The van der Waals surface area contributed by atoms with Gasteiger partial charge in [-0.2, -0.15) is 4.31 Å². The number of aromatic nitrogens is 1. The van der Waals surface area contributed by atoms with Gasteiger partial charge >= 0.3 is 0 Å². The maximum absolute atomic E-state index is 12.8. The van der Waals surface area contributed by atoms with Crippen LogP contribution in [0.2, 0.25) is 0 Å². The molecule has 0 radical (unpaired) electrons. The van der Waals surface area contributed by atoms with Gasteiger partial charge in [-0.25, -0.2) is 8.42 Å². The maximum Gasteiger partial charge on any atom is 0.244 e. The Bertz CT molecular complexity index is 580. The number of aromatic amines is 1. The molecular formula is C14H23N3O3S. The van der Waals surface area contributed by atoms with Crippen molar-refractivity contribution >= 4 is 10.0 Å². The van der Waals surface area contributed by atoms with Gasteiger partial charge in [-0.15, -0.1) is 0 Å². The van der Waals surface area contributed by atoms with E-state index >= 15 is 0 Å². The van der Waals surface area contributed by atoms with Crippen LogP contribution in [0.5, 0.6) is 0 Å². The van der Waals surface area contributed by atoms with Crippen molar-refractivity contribution in [2.45, 2.75) is 49.7 Å². The van der Waals surface area contributed by atoms with Gasteiger partial charge in [0.05, 0.1) is 18.1 Å². The number of morpholine rings is 1. The normalized spacial score (nSPS) is 24.3. The van der Waals surface area contributed by atoms with Crippen LogP contribution in [0.15, 0.2) is 17.2 Å². The summed E-state index contributed by atoms with van der Waals surface area (Å²) in [5, 5.41) is 3.38. The van der Waals surface area contributed by atoms with E-state index in [1.54, 1.807) is 16.6 Å². The number of hydrogen-bond donors (Lipinski definition) is 2. The molecule has 1 aromatic heterocycles. The fraction of sp³-hybridized carbons (Fsp3) is 0.714. The van der Waals surface area contributed by atoms with E-state index in [1.165, 1.54) is 12.8 Å². The first kappa shape index (κ1) is 15.0. The molecule has 0 spiro atoms. The van der Waals surface area contributed by atoms with Crippen molar-refractivity contribution in [2.75, 3.05) is 19.8 Å². The first-order valence-electron chi connectivity index (χ1n) is 7.61. The fourth-order valence-electron chi connectivity index (χ4n) is 2.62. The number of hydrogen-bond acceptors (Lipinski definition) is 4. The Morgan fingerprint density at radius 1 is 1.48 bits per heavy atom. The number of H-pyrrole nitrogens is 1. The molecule has 118 valence electrons. The van der Waals surface area contributed by atoms with Gasteiger partial charge in [-0.05, 0) is 25.3 Å². The van der Waals surface area contributed by atoms with Crippen molar-refractivity contribution in [2.24, 2.45) is 0 Å². The lowest BCUT2D eigenvalue weighted by molar-refractivity contribution is 0.0314. The van der Waals surface area contributed by atoms with E-state index in [9.17, 15) is 8.42 Å². The average Bonchev–Trinajstić information content (AvgIpc) is 3.20. The quantitative estimate of drug-likeness (QED) is 0.824. The van der Waals surface area contributed by atoms with Crippen molar-refractivity contribution in [3.05, 3.63) is 18.0 Å². The third-order valence-corrected chi connectivity index (χ3v) is 6.06. The molecule has 3 rings (SSSR count). The zero-order valence-corrected chi connectivity index (χ0v) is 13.2. The van der Waals surface area contributed by atoms with Gasteiger partial charge in [-0.1, -0.05) is 6.92 Å². The third-order valence-electron chi connectivity index (χ3n) is 4.13. The Morgan fingerprint density at radius 2 is 2.29 bits per heavy atom. The molecule has 0 amide bonds. The Hall–Kier alpha value is -0.890. The third kappa shape index (κ3) is 3.31. The summed E-state index contributed by atoms with van der Waals surface area (Å²) in [7, 11) is -3.43. The second-order valence-corrected chi connectivity index (χ2v) is 7.66. The molecular weight excluding hydrogens is 290 g/mol. The van der Waals surface area contributed by atoms with E-state index in [1.807, 2.05) is 6.92 Å². The van der Waals surface area contributed by atoms with E-state index in [2.05, 4.69) is 10.3 Å². The van der Waals surface area contributed by atoms with Crippen LogP contribution in [-0.4, -0.2) is 49.5 Å². The zero-order valence-electron chi connectivity index (χ0n) is 12.3. The summed E-state index contributed by atoms with van der Waals surface area (Å²) in [6.07, 6.45) is 4.80. The Morgan fingerprint density at radius 3 is 3.00 bits per heavy atom. The van der Waals surface area contributed by atoms with Crippen molar-refractivity contribution in [1.82, 2.24) is 14.6 Å². The van der Waals surface area contributed by atoms with Crippen molar-refractivity contribution in [3.8, 4) is 0 Å². The number of rotatable bonds is 6. The van der Waals surface area contributed by atoms with E-state index in [0.717, 1.165) is 12.1 Å². The summed E-state index contributed by atoms with van der Waals surface area (Å²) in [6.45, 7) is 4.07. The van der Waals surface area contributed by atoms with Crippen LogP contribution in [0.3, 0.4) is 0 Å². The van der Waals surface area contributed by atoms with Crippen LogP contribution in [0.1, 0.15) is 31.9 Å². The topological polar surface area (TPSA) is 74.4 Å². The van der Waals surface area contributed by atoms with Crippen molar-refractivity contribution in [1.29, 1.82) is 0 Å². The summed E-state index contributed by atoms with van der Waals surface area (Å²) >= 11 is 0. The first-order valence-corrected chi connectivity index (χ1v) is 9.05. The highest BCUT2D eigenvalue weighted by atomic mass is 32.2. The molecule has 2 fully saturated rings. The highest BCUT2D eigenvalue weighted by molar-refractivity contribution is 7.89. The van der Waals surface area contributed by atoms with Gasteiger partial charge in [0, 0.05) is 37.1 Å². The van der Waals surface area contributed by atoms with Crippen molar-refractivity contribution < 1.29 is 13.2 Å². The molecule has 0 aromatic carbocycles. The van der Waals surface area contributed by atoms with Gasteiger partial charge in [-0.3, -0.25) is 0 Å². The maximum atomic E-state index is 12.8. The van der Waals surface area contributed by atoms with Crippen LogP contribution in [0, 0.1) is 0 Å². The molecule has 1 saturated heterocycles. The highest BCUT2D eigenvalue weighted by Gasteiger charge is 2.33. The molecule has 1 saturated carbocycles. The lowest BCUT2D eigenvalue weighted by Crippen LogP contribution is -2.48. The molecule has 7 heteroatoms. The fourth-order valence-corrected chi connectivity index (χ4v) is 4.31. The number of sulfonamides is 1. The Balaban J connectivity index is 1.73. The Labute approximate surface area is 125 Å². The van der Waals surface area contributed by atoms with E-state index < -0.39 is 10.0 Å². The predicted octanol–water partition coefficient (Wildman–Crippen LogP) is 1.07. The van der Waals surface area contributed by atoms with E-state index in [0.29, 0.717) is 37.2 Å². The lowest BCUT2D eigenvalue weighted by Gasteiger charge is -2.33. The minimum absolute atomic E-state index is 0.0633. The second-order valence-electron chi connectivity index (χ2n) is 5.77. The van der Waals surface area contributed by atoms with Gasteiger partial charge in [0.2, 0.25) is 10.0 Å². The summed E-state index contributed by atoms with van der Waals surface area (Å²) < 4.78 is 32.5. The average molecular weight is 313 g/mol. The van der Waals surface area contributed by atoms with Gasteiger partial charge in [0.1, 0.15) is 0 Å². The molecule has 2 heterocycles. The standard InChI is InChI=1S/C14H23N3O3S/c1-2-13-10-20-6-5-17(13)21(18,19)14-7-12(16-9-14)8-15-11-3-4-11/h7,9,11,13,15-16H,2-6,8,10H2,1H3. The molecule has 1 unspecified atom stereocenters. The van der Waals surface area contributed by atoms with Gasteiger partial charge < -0.3 is 15.0 Å². The smallest absolute Gasteiger partial charge is 0.244 e. The summed E-state index contributed by atoms with van der Waals surface area (Å²) in [6, 6.07) is 2.29. The lowest BCUT2D eigenvalue weighted by atomic mass is 10.2. The van der Waals surface area contributed by atoms with Crippen LogP contribution in [0.25, 0.3) is 0 Å². The zero-order chi connectivity index (χ0) is 14.9. The predicted molar refractivity (Wildman–Crippen MR) is 79.4 cm³/mol. The van der Waals surface area contributed by atoms with E-state index in [-0.39, 0.29) is 6.04 Å². The van der Waals surface area contributed by atoms with Crippen LogP contribution in [0.4, 0.5) is 0 Å². The van der Waals surface area contributed by atoms with Gasteiger partial charge in [0.25, 0.3) is 0 Å². The molecule has 1 aromatic rings. The minimum atomic E-state index is -3.43. The molecule has 0 bridgehead atoms. The number of nitrogens with one attached hydrogen (secondary N) is 2. The minimum Gasteiger partial charge on any atom is -0.378 e. The summed E-state index contributed by atoms with van der Waals surface area (Å²) in [5.41, 5.74) is 0.918. The molecule has 6 nitrogen and oxygen atoms in total. The summed E-state index contributed by atoms with van der Waals surface area (Å²) in [4.78, 5) is 3.42. The van der Waals surface area contributed by atoms with Gasteiger partial charge in [0.15, 0.2) is 0 Å². The molecule has 1 atom stereocenters. The largest absolute Gasteiger partial charge is 0.378 e. The summed E-state index contributed by atoms with van der Waals surface area (Å²) in [5.74, 6) is 0. The Kier molecular flexibility index (Phi) is 4.35. The SMILES string of the molecule is CCC1COCCN1S(=O)(=O)c1c[nH]c(CNC2CC2)c1. The number of nitrogens with zero attached hydrogens (tertiary/aromatic N) is 1. The molecule has 21 heavy (non-hydrogen) atoms.